The van der Waals surface area contributed by atoms with E-state index >= 15 is 0 Å². The lowest BCUT2D eigenvalue weighted by molar-refractivity contribution is 0.104. The van der Waals surface area contributed by atoms with Crippen LogP contribution >= 0.6 is 0 Å². The van der Waals surface area contributed by atoms with Crippen molar-refractivity contribution in [2.24, 2.45) is 0 Å². The first-order chi connectivity index (χ1) is 9.08. The molecule has 2 nitrogen and oxygen atoms in total. The SMILES string of the molecule is Cc1ccccc1/C=C/C(=O)c1ccc(O)cc1C. The van der Waals surface area contributed by atoms with Gasteiger partial charge in [-0.2, -0.15) is 0 Å². The van der Waals surface area contributed by atoms with Crippen LogP contribution in [0.15, 0.2) is 48.5 Å². The Morgan fingerprint density at radius 3 is 2.47 bits per heavy atom. The van der Waals surface area contributed by atoms with Gasteiger partial charge >= 0.3 is 0 Å². The van der Waals surface area contributed by atoms with Crippen LogP contribution in [-0.2, 0) is 0 Å². The fourth-order valence-electron chi connectivity index (χ4n) is 1.95. The molecule has 0 aliphatic rings. The van der Waals surface area contributed by atoms with Gasteiger partial charge in [-0.1, -0.05) is 30.3 Å². The third-order valence-corrected chi connectivity index (χ3v) is 3.08. The van der Waals surface area contributed by atoms with E-state index in [1.807, 2.05) is 44.2 Å². The van der Waals surface area contributed by atoms with E-state index in [4.69, 9.17) is 0 Å². The van der Waals surface area contributed by atoms with Crippen molar-refractivity contribution in [3.8, 4) is 5.75 Å². The molecule has 0 amide bonds. The normalized spacial score (nSPS) is 10.8. The highest BCUT2D eigenvalue weighted by molar-refractivity contribution is 6.07. The summed E-state index contributed by atoms with van der Waals surface area (Å²) in [5.41, 5.74) is 3.56. The number of allylic oxidation sites excluding steroid dienone is 1. The van der Waals surface area contributed by atoms with Gasteiger partial charge in [-0.3, -0.25) is 4.79 Å². The Bertz CT molecular complexity index is 639. The molecule has 0 unspecified atom stereocenters. The van der Waals surface area contributed by atoms with Gasteiger partial charge in [0.15, 0.2) is 5.78 Å². The number of hydrogen-bond acceptors (Lipinski definition) is 2. The van der Waals surface area contributed by atoms with Gasteiger partial charge in [0.1, 0.15) is 5.75 Å². The Balaban J connectivity index is 2.24. The van der Waals surface area contributed by atoms with Gasteiger partial charge in [-0.25, -0.2) is 0 Å². The topological polar surface area (TPSA) is 37.3 Å². The highest BCUT2D eigenvalue weighted by Crippen LogP contribution is 2.17. The molecule has 0 spiro atoms. The van der Waals surface area contributed by atoms with Gasteiger partial charge in [0.2, 0.25) is 0 Å². The molecule has 0 aliphatic carbocycles. The monoisotopic (exact) mass is 252 g/mol. The average Bonchev–Trinajstić information content (AvgIpc) is 2.37. The molecule has 2 aromatic carbocycles. The number of carbonyl (C=O) groups excluding carboxylic acids is 1. The largest absolute Gasteiger partial charge is 0.508 e. The van der Waals surface area contributed by atoms with E-state index in [0.29, 0.717) is 5.56 Å². The molecular formula is C17H16O2. The number of rotatable bonds is 3. The molecule has 96 valence electrons. The number of ketones is 1. The Morgan fingerprint density at radius 2 is 1.79 bits per heavy atom. The van der Waals surface area contributed by atoms with Crippen LogP contribution in [0.1, 0.15) is 27.0 Å². The lowest BCUT2D eigenvalue weighted by Crippen LogP contribution is -1.97. The van der Waals surface area contributed by atoms with Gasteiger partial charge in [0.25, 0.3) is 0 Å². The van der Waals surface area contributed by atoms with E-state index in [1.165, 1.54) is 6.07 Å². The number of hydrogen-bond donors (Lipinski definition) is 1. The first-order valence-corrected chi connectivity index (χ1v) is 6.15. The maximum Gasteiger partial charge on any atom is 0.186 e. The molecular weight excluding hydrogens is 236 g/mol. The molecule has 0 radical (unpaired) electrons. The summed E-state index contributed by atoms with van der Waals surface area (Å²) in [6.07, 6.45) is 3.39. The number of benzene rings is 2. The number of aryl methyl sites for hydroxylation is 2. The molecule has 0 fully saturated rings. The molecule has 2 rings (SSSR count). The third-order valence-electron chi connectivity index (χ3n) is 3.08. The van der Waals surface area contributed by atoms with Crippen LogP contribution in [0.2, 0.25) is 0 Å². The highest BCUT2D eigenvalue weighted by atomic mass is 16.3. The molecule has 0 aromatic heterocycles. The minimum Gasteiger partial charge on any atom is -0.508 e. The minimum absolute atomic E-state index is 0.0549. The lowest BCUT2D eigenvalue weighted by Gasteiger charge is -2.03. The van der Waals surface area contributed by atoms with Gasteiger partial charge in [-0.05, 0) is 54.8 Å². The van der Waals surface area contributed by atoms with E-state index in [-0.39, 0.29) is 11.5 Å². The van der Waals surface area contributed by atoms with Crippen molar-refractivity contribution in [2.45, 2.75) is 13.8 Å². The van der Waals surface area contributed by atoms with Gasteiger partial charge in [0.05, 0.1) is 0 Å². The van der Waals surface area contributed by atoms with Crippen LogP contribution < -0.4 is 0 Å². The Labute approximate surface area is 113 Å². The van der Waals surface area contributed by atoms with Crippen molar-refractivity contribution >= 4 is 11.9 Å². The van der Waals surface area contributed by atoms with Crippen molar-refractivity contribution < 1.29 is 9.90 Å². The molecule has 0 saturated heterocycles. The number of phenols is 1. The fourth-order valence-corrected chi connectivity index (χ4v) is 1.95. The highest BCUT2D eigenvalue weighted by Gasteiger charge is 2.06. The number of aromatic hydroxyl groups is 1. The zero-order chi connectivity index (χ0) is 13.8. The Morgan fingerprint density at radius 1 is 1.05 bits per heavy atom. The van der Waals surface area contributed by atoms with Gasteiger partial charge < -0.3 is 5.11 Å². The smallest absolute Gasteiger partial charge is 0.186 e. The second-order valence-electron chi connectivity index (χ2n) is 4.55. The van der Waals surface area contributed by atoms with Crippen LogP contribution in [0.3, 0.4) is 0 Å². The molecule has 0 saturated carbocycles. The van der Waals surface area contributed by atoms with Crippen molar-refractivity contribution in [3.05, 3.63) is 70.8 Å². The lowest BCUT2D eigenvalue weighted by atomic mass is 10.0. The number of phenolic OH excluding ortho intramolecular Hbond substituents is 1. The summed E-state index contributed by atoms with van der Waals surface area (Å²) in [6, 6.07) is 12.7. The number of carbonyl (C=O) groups is 1. The predicted molar refractivity (Wildman–Crippen MR) is 77.4 cm³/mol. The molecule has 19 heavy (non-hydrogen) atoms. The summed E-state index contributed by atoms with van der Waals surface area (Å²) < 4.78 is 0. The quantitative estimate of drug-likeness (QED) is 0.664. The zero-order valence-corrected chi connectivity index (χ0v) is 11.1. The zero-order valence-electron chi connectivity index (χ0n) is 11.1. The van der Waals surface area contributed by atoms with E-state index in [1.54, 1.807) is 18.2 Å². The van der Waals surface area contributed by atoms with E-state index < -0.39 is 0 Å². The Hall–Kier alpha value is -2.35. The molecule has 0 bridgehead atoms. The molecule has 0 atom stereocenters. The summed E-state index contributed by atoms with van der Waals surface area (Å²) in [6.45, 7) is 3.82. The van der Waals surface area contributed by atoms with Crippen LogP contribution in [0.5, 0.6) is 5.75 Å². The Kier molecular flexibility index (Phi) is 3.81. The van der Waals surface area contributed by atoms with Crippen molar-refractivity contribution in [3.63, 3.8) is 0 Å². The van der Waals surface area contributed by atoms with Crippen LogP contribution in [0.4, 0.5) is 0 Å². The summed E-state index contributed by atoms with van der Waals surface area (Å²) >= 11 is 0. The van der Waals surface area contributed by atoms with Crippen LogP contribution in [0, 0.1) is 13.8 Å². The molecule has 0 aliphatic heterocycles. The minimum atomic E-state index is -0.0549. The first-order valence-electron chi connectivity index (χ1n) is 6.15. The summed E-state index contributed by atoms with van der Waals surface area (Å²) in [5.74, 6) is 0.123. The maximum atomic E-state index is 12.1. The summed E-state index contributed by atoms with van der Waals surface area (Å²) in [4.78, 5) is 12.1. The van der Waals surface area contributed by atoms with Crippen molar-refractivity contribution in [2.75, 3.05) is 0 Å². The van der Waals surface area contributed by atoms with Crippen LogP contribution in [-0.4, -0.2) is 10.9 Å². The average molecular weight is 252 g/mol. The first kappa shape index (κ1) is 13.1. The van der Waals surface area contributed by atoms with E-state index in [2.05, 4.69) is 0 Å². The van der Waals surface area contributed by atoms with Gasteiger partial charge in [-0.15, -0.1) is 0 Å². The van der Waals surface area contributed by atoms with Crippen molar-refractivity contribution in [1.29, 1.82) is 0 Å². The molecule has 0 heterocycles. The second kappa shape index (κ2) is 5.53. The van der Waals surface area contributed by atoms with Crippen molar-refractivity contribution in [1.82, 2.24) is 0 Å². The third kappa shape index (κ3) is 3.10. The summed E-state index contributed by atoms with van der Waals surface area (Å²) in [5, 5.41) is 9.33. The summed E-state index contributed by atoms with van der Waals surface area (Å²) in [7, 11) is 0. The van der Waals surface area contributed by atoms with E-state index in [0.717, 1.165) is 16.7 Å². The standard InChI is InChI=1S/C17H16O2/c1-12-5-3-4-6-14(12)7-10-17(19)16-9-8-15(18)11-13(16)2/h3-11,18H,1-2H3/b10-7+. The van der Waals surface area contributed by atoms with Gasteiger partial charge in [0, 0.05) is 5.56 Å². The van der Waals surface area contributed by atoms with E-state index in [9.17, 15) is 9.90 Å². The second-order valence-corrected chi connectivity index (χ2v) is 4.55. The molecule has 2 heteroatoms. The predicted octanol–water partition coefficient (Wildman–Crippen LogP) is 3.91. The molecule has 2 aromatic rings. The maximum absolute atomic E-state index is 12.1. The molecule has 1 N–H and O–H groups in total. The fraction of sp³-hybridized carbons (Fsp3) is 0.118. The van der Waals surface area contributed by atoms with Crippen LogP contribution in [0.25, 0.3) is 6.08 Å².